The van der Waals surface area contributed by atoms with Crippen LogP contribution in [0.15, 0.2) is 18.2 Å². The molecule has 0 spiro atoms. The fourth-order valence-corrected chi connectivity index (χ4v) is 2.99. The number of nitro groups is 1. The number of nitro benzene ring substituents is 1. The molecule has 0 aromatic heterocycles. The van der Waals surface area contributed by atoms with Gasteiger partial charge in [0.25, 0.3) is 0 Å². The fraction of sp³-hybridized carbons (Fsp3) is 0.600. The third-order valence-electron chi connectivity index (χ3n) is 3.76. The maximum atomic E-state index is 11.5. The van der Waals surface area contributed by atoms with Crippen LogP contribution in [0.4, 0.5) is 11.4 Å². The molecule has 1 N–H and O–H groups in total. The zero-order valence-electron chi connectivity index (χ0n) is 12.5. The largest absolute Gasteiger partial charge is 0.487 e. The Labute approximate surface area is 124 Å². The van der Waals surface area contributed by atoms with Crippen LogP contribution in [0.2, 0.25) is 0 Å². The molecule has 0 bridgehead atoms. The minimum Gasteiger partial charge on any atom is -0.487 e. The van der Waals surface area contributed by atoms with E-state index in [4.69, 9.17) is 4.74 Å². The van der Waals surface area contributed by atoms with Crippen molar-refractivity contribution in [3.63, 3.8) is 0 Å². The zero-order valence-corrected chi connectivity index (χ0v) is 12.5. The van der Waals surface area contributed by atoms with E-state index in [2.05, 4.69) is 0 Å². The van der Waals surface area contributed by atoms with E-state index in [0.29, 0.717) is 24.5 Å². The summed E-state index contributed by atoms with van der Waals surface area (Å²) >= 11 is 0. The molecule has 1 fully saturated rings. The SMILES string of the molecule is CCOc1cccc(N2CCC[C@@H]2C[C@@H](C)O)c1[N+](=O)[O-]. The molecular weight excluding hydrogens is 272 g/mol. The summed E-state index contributed by atoms with van der Waals surface area (Å²) in [6.07, 6.45) is 2.13. The summed E-state index contributed by atoms with van der Waals surface area (Å²) in [6.45, 7) is 4.72. The quantitative estimate of drug-likeness (QED) is 0.645. The highest BCUT2D eigenvalue weighted by atomic mass is 16.6. The molecule has 0 saturated carbocycles. The summed E-state index contributed by atoms with van der Waals surface area (Å²) in [4.78, 5) is 13.1. The molecule has 6 nitrogen and oxygen atoms in total. The molecule has 1 aliphatic rings. The second kappa shape index (κ2) is 6.76. The summed E-state index contributed by atoms with van der Waals surface area (Å²) in [5.74, 6) is 0.308. The van der Waals surface area contributed by atoms with E-state index < -0.39 is 6.10 Å². The van der Waals surface area contributed by atoms with Gasteiger partial charge < -0.3 is 14.7 Å². The number of hydrogen-bond acceptors (Lipinski definition) is 5. The summed E-state index contributed by atoms with van der Waals surface area (Å²) in [5.41, 5.74) is 0.617. The van der Waals surface area contributed by atoms with Gasteiger partial charge in [-0.3, -0.25) is 10.1 Å². The van der Waals surface area contributed by atoms with Crippen molar-refractivity contribution in [2.75, 3.05) is 18.1 Å². The van der Waals surface area contributed by atoms with E-state index in [0.717, 1.165) is 19.4 Å². The topological polar surface area (TPSA) is 75.8 Å². The molecule has 1 heterocycles. The van der Waals surface area contributed by atoms with Gasteiger partial charge >= 0.3 is 5.69 Å². The van der Waals surface area contributed by atoms with Crippen LogP contribution in [-0.2, 0) is 0 Å². The Morgan fingerprint density at radius 1 is 1.57 bits per heavy atom. The first-order chi connectivity index (χ1) is 10.0. The molecule has 2 rings (SSSR count). The van der Waals surface area contributed by atoms with E-state index in [9.17, 15) is 15.2 Å². The number of aliphatic hydroxyl groups excluding tert-OH is 1. The minimum atomic E-state index is -0.412. The maximum absolute atomic E-state index is 11.5. The third-order valence-corrected chi connectivity index (χ3v) is 3.76. The predicted molar refractivity (Wildman–Crippen MR) is 80.9 cm³/mol. The van der Waals surface area contributed by atoms with Gasteiger partial charge in [0, 0.05) is 12.6 Å². The van der Waals surface area contributed by atoms with Crippen LogP contribution in [0.25, 0.3) is 0 Å². The summed E-state index contributed by atoms with van der Waals surface area (Å²) in [6, 6.07) is 5.32. The molecular formula is C15H22N2O4. The van der Waals surface area contributed by atoms with E-state index in [1.807, 2.05) is 11.8 Å². The lowest BCUT2D eigenvalue weighted by molar-refractivity contribution is -0.385. The van der Waals surface area contributed by atoms with Crippen LogP contribution in [0.5, 0.6) is 5.75 Å². The summed E-state index contributed by atoms with van der Waals surface area (Å²) in [7, 11) is 0. The fourth-order valence-electron chi connectivity index (χ4n) is 2.99. The number of rotatable bonds is 6. The van der Waals surface area contributed by atoms with Gasteiger partial charge in [0.2, 0.25) is 0 Å². The molecule has 2 atom stereocenters. The van der Waals surface area contributed by atoms with Gasteiger partial charge in [0.05, 0.1) is 17.6 Å². The van der Waals surface area contributed by atoms with Crippen LogP contribution in [-0.4, -0.2) is 35.3 Å². The van der Waals surface area contributed by atoms with Gasteiger partial charge in [0.15, 0.2) is 5.75 Å². The Morgan fingerprint density at radius 2 is 2.33 bits per heavy atom. The van der Waals surface area contributed by atoms with E-state index in [1.54, 1.807) is 25.1 Å². The van der Waals surface area contributed by atoms with Crippen LogP contribution in [0.1, 0.15) is 33.1 Å². The second-order valence-corrected chi connectivity index (χ2v) is 5.39. The predicted octanol–water partition coefficient (Wildman–Crippen LogP) is 2.73. The molecule has 1 aromatic carbocycles. The monoisotopic (exact) mass is 294 g/mol. The van der Waals surface area contributed by atoms with Crippen molar-refractivity contribution in [1.82, 2.24) is 0 Å². The van der Waals surface area contributed by atoms with Crippen molar-refractivity contribution in [2.45, 2.75) is 45.3 Å². The maximum Gasteiger partial charge on any atom is 0.333 e. The van der Waals surface area contributed by atoms with E-state index >= 15 is 0 Å². The van der Waals surface area contributed by atoms with Gasteiger partial charge in [-0.2, -0.15) is 0 Å². The highest BCUT2D eigenvalue weighted by Gasteiger charge is 2.32. The van der Waals surface area contributed by atoms with Crippen molar-refractivity contribution in [2.24, 2.45) is 0 Å². The molecule has 116 valence electrons. The minimum absolute atomic E-state index is 0.0249. The molecule has 21 heavy (non-hydrogen) atoms. The molecule has 0 radical (unpaired) electrons. The van der Waals surface area contributed by atoms with Crippen molar-refractivity contribution in [3.05, 3.63) is 28.3 Å². The Bertz CT molecular complexity index is 504. The van der Waals surface area contributed by atoms with Crippen molar-refractivity contribution >= 4 is 11.4 Å². The molecule has 1 saturated heterocycles. The number of anilines is 1. The molecule has 0 unspecified atom stereocenters. The average Bonchev–Trinajstić information content (AvgIpc) is 2.85. The molecule has 6 heteroatoms. The number of para-hydroxylation sites is 1. The van der Waals surface area contributed by atoms with Crippen molar-refractivity contribution < 1.29 is 14.8 Å². The summed E-state index contributed by atoms with van der Waals surface area (Å²) in [5, 5.41) is 21.1. The molecule has 1 aromatic rings. The van der Waals surface area contributed by atoms with Crippen molar-refractivity contribution in [1.29, 1.82) is 0 Å². The first-order valence-corrected chi connectivity index (χ1v) is 7.39. The molecule has 0 aliphatic carbocycles. The number of aliphatic hydroxyl groups is 1. The van der Waals surface area contributed by atoms with Crippen molar-refractivity contribution in [3.8, 4) is 5.75 Å². The van der Waals surface area contributed by atoms with Crippen LogP contribution in [0.3, 0.4) is 0 Å². The number of benzene rings is 1. The Balaban J connectivity index is 2.38. The Kier molecular flexibility index (Phi) is 5.01. The zero-order chi connectivity index (χ0) is 15.4. The van der Waals surface area contributed by atoms with Gasteiger partial charge in [0.1, 0.15) is 5.69 Å². The first kappa shape index (κ1) is 15.6. The lowest BCUT2D eigenvalue weighted by Gasteiger charge is -2.27. The standard InChI is InChI=1S/C15H22N2O4/c1-3-21-14-8-4-7-13(15(14)17(19)20)16-9-5-6-12(16)10-11(2)18/h4,7-8,11-12,18H,3,5-6,9-10H2,1-2H3/t11-,12-/m1/s1. The number of nitrogens with zero attached hydrogens (tertiary/aromatic N) is 2. The Morgan fingerprint density at radius 3 is 2.95 bits per heavy atom. The van der Waals surface area contributed by atoms with Crippen LogP contribution < -0.4 is 9.64 Å². The molecule has 0 amide bonds. The third kappa shape index (κ3) is 3.44. The number of hydrogen-bond donors (Lipinski definition) is 1. The average molecular weight is 294 g/mol. The van der Waals surface area contributed by atoms with Crippen LogP contribution in [0, 0.1) is 10.1 Å². The van der Waals surface area contributed by atoms with Gasteiger partial charge in [-0.1, -0.05) is 6.07 Å². The van der Waals surface area contributed by atoms with Crippen LogP contribution >= 0.6 is 0 Å². The Hall–Kier alpha value is -1.82. The highest BCUT2D eigenvalue weighted by molar-refractivity contribution is 5.70. The van der Waals surface area contributed by atoms with Gasteiger partial charge in [-0.05, 0) is 45.2 Å². The van der Waals surface area contributed by atoms with E-state index in [-0.39, 0.29) is 16.7 Å². The van der Waals surface area contributed by atoms with E-state index in [1.165, 1.54) is 0 Å². The lowest BCUT2D eigenvalue weighted by Crippen LogP contribution is -2.32. The molecule has 1 aliphatic heterocycles. The summed E-state index contributed by atoms with van der Waals surface area (Å²) < 4.78 is 5.40. The lowest BCUT2D eigenvalue weighted by atomic mass is 10.1. The van der Waals surface area contributed by atoms with Gasteiger partial charge in [-0.25, -0.2) is 0 Å². The van der Waals surface area contributed by atoms with Gasteiger partial charge in [-0.15, -0.1) is 0 Å². The normalized spacial score (nSPS) is 19.6. The first-order valence-electron chi connectivity index (χ1n) is 7.39. The number of ether oxygens (including phenoxy) is 1. The smallest absolute Gasteiger partial charge is 0.333 e. The second-order valence-electron chi connectivity index (χ2n) is 5.39. The highest BCUT2D eigenvalue weighted by Crippen LogP contribution is 2.40.